The van der Waals surface area contributed by atoms with Gasteiger partial charge < -0.3 is 5.11 Å². The lowest BCUT2D eigenvalue weighted by Crippen LogP contribution is -2.26. The van der Waals surface area contributed by atoms with E-state index in [1.165, 1.54) is 4.90 Å². The van der Waals surface area contributed by atoms with E-state index in [0.717, 1.165) is 0 Å². The zero-order valence-corrected chi connectivity index (χ0v) is 11.2. The summed E-state index contributed by atoms with van der Waals surface area (Å²) >= 11 is 3.33. The van der Waals surface area contributed by atoms with Crippen LogP contribution in [0.15, 0.2) is 22.8 Å². The molecular weight excluding hydrogens is 316 g/mol. The highest BCUT2D eigenvalue weighted by Crippen LogP contribution is 2.24. The van der Waals surface area contributed by atoms with Gasteiger partial charge in [0.1, 0.15) is 4.60 Å². The van der Waals surface area contributed by atoms with Crippen LogP contribution < -0.4 is 4.90 Å². The first-order valence-electron chi connectivity index (χ1n) is 5.61. The largest absolute Gasteiger partial charge is 0.481 e. The molecule has 1 fully saturated rings. The summed E-state index contributed by atoms with van der Waals surface area (Å²) in [5.74, 6) is -1.69. The van der Waals surface area contributed by atoms with Crippen LogP contribution in [0, 0.1) is 5.92 Å². The number of aromatic nitrogens is 3. The zero-order chi connectivity index (χ0) is 13.6. The van der Waals surface area contributed by atoms with Gasteiger partial charge in [-0.2, -0.15) is 4.98 Å². The molecular formula is C11H9BrN4O3. The molecule has 1 aliphatic heterocycles. The first kappa shape index (κ1) is 12.1. The highest BCUT2D eigenvalue weighted by molar-refractivity contribution is 9.10. The molecule has 0 aliphatic carbocycles. The van der Waals surface area contributed by atoms with Gasteiger partial charge in [0.25, 0.3) is 5.95 Å². The molecule has 1 unspecified atom stereocenters. The SMILES string of the molecule is O=C(O)C1CC(=O)N(c2nc3cccc(Br)n3n2)C1. The molecule has 0 radical (unpaired) electrons. The fourth-order valence-corrected chi connectivity index (χ4v) is 2.46. The predicted octanol–water partition coefficient (Wildman–Crippen LogP) is 0.929. The lowest BCUT2D eigenvalue weighted by molar-refractivity contribution is -0.141. The normalized spacial score (nSPS) is 19.3. The molecule has 0 aromatic carbocycles. The number of hydrogen-bond acceptors (Lipinski definition) is 4. The van der Waals surface area contributed by atoms with Crippen LogP contribution in [0.25, 0.3) is 5.65 Å². The van der Waals surface area contributed by atoms with Crippen molar-refractivity contribution in [3.8, 4) is 0 Å². The van der Waals surface area contributed by atoms with E-state index in [9.17, 15) is 9.59 Å². The summed E-state index contributed by atoms with van der Waals surface area (Å²) in [6.07, 6.45) is -0.00788. The van der Waals surface area contributed by atoms with Gasteiger partial charge in [-0.3, -0.25) is 14.5 Å². The molecule has 7 nitrogen and oxygen atoms in total. The summed E-state index contributed by atoms with van der Waals surface area (Å²) in [5, 5.41) is 13.2. The molecule has 1 N–H and O–H groups in total. The van der Waals surface area contributed by atoms with Crippen LogP contribution in [-0.2, 0) is 9.59 Å². The third kappa shape index (κ3) is 1.97. The van der Waals surface area contributed by atoms with Crippen LogP contribution in [0.3, 0.4) is 0 Å². The average Bonchev–Trinajstić information content (AvgIpc) is 2.93. The van der Waals surface area contributed by atoms with Crippen molar-refractivity contribution in [2.75, 3.05) is 11.4 Å². The number of carbonyl (C=O) groups excluding carboxylic acids is 1. The molecule has 0 bridgehead atoms. The molecule has 0 saturated carbocycles. The van der Waals surface area contributed by atoms with Gasteiger partial charge in [-0.15, -0.1) is 5.10 Å². The van der Waals surface area contributed by atoms with Crippen LogP contribution in [0.2, 0.25) is 0 Å². The summed E-state index contributed by atoms with van der Waals surface area (Å²) in [7, 11) is 0. The summed E-state index contributed by atoms with van der Waals surface area (Å²) in [5.41, 5.74) is 0.593. The van der Waals surface area contributed by atoms with Crippen molar-refractivity contribution in [2.45, 2.75) is 6.42 Å². The van der Waals surface area contributed by atoms with Crippen LogP contribution in [0.5, 0.6) is 0 Å². The molecule has 1 aliphatic rings. The molecule has 19 heavy (non-hydrogen) atoms. The highest BCUT2D eigenvalue weighted by Gasteiger charge is 2.36. The molecule has 2 aromatic heterocycles. The van der Waals surface area contributed by atoms with Gasteiger partial charge in [-0.05, 0) is 28.1 Å². The van der Waals surface area contributed by atoms with E-state index in [4.69, 9.17) is 5.11 Å². The maximum Gasteiger partial charge on any atom is 0.308 e. The Morgan fingerprint density at radius 1 is 1.47 bits per heavy atom. The number of amides is 1. The molecule has 98 valence electrons. The van der Waals surface area contributed by atoms with Crippen molar-refractivity contribution in [3.05, 3.63) is 22.8 Å². The number of fused-ring (bicyclic) bond motifs is 1. The minimum absolute atomic E-state index is 0.00788. The Labute approximate surface area is 116 Å². The van der Waals surface area contributed by atoms with E-state index in [1.807, 2.05) is 6.07 Å². The van der Waals surface area contributed by atoms with E-state index in [2.05, 4.69) is 26.0 Å². The van der Waals surface area contributed by atoms with Crippen molar-refractivity contribution >= 4 is 39.4 Å². The van der Waals surface area contributed by atoms with Gasteiger partial charge in [0.15, 0.2) is 5.65 Å². The van der Waals surface area contributed by atoms with Crippen molar-refractivity contribution in [1.29, 1.82) is 0 Å². The van der Waals surface area contributed by atoms with Crippen molar-refractivity contribution in [3.63, 3.8) is 0 Å². The first-order chi connectivity index (χ1) is 9.06. The Morgan fingerprint density at radius 3 is 2.89 bits per heavy atom. The van der Waals surface area contributed by atoms with E-state index in [-0.39, 0.29) is 24.8 Å². The molecule has 2 aromatic rings. The highest BCUT2D eigenvalue weighted by atomic mass is 79.9. The molecule has 3 rings (SSSR count). The quantitative estimate of drug-likeness (QED) is 0.830. The van der Waals surface area contributed by atoms with E-state index >= 15 is 0 Å². The van der Waals surface area contributed by atoms with Gasteiger partial charge in [0.05, 0.1) is 5.92 Å². The number of halogens is 1. The first-order valence-corrected chi connectivity index (χ1v) is 6.40. The Kier molecular flexibility index (Phi) is 2.74. The van der Waals surface area contributed by atoms with Gasteiger partial charge in [0.2, 0.25) is 5.91 Å². The second-order valence-corrected chi connectivity index (χ2v) is 5.09. The average molecular weight is 325 g/mol. The lowest BCUT2D eigenvalue weighted by Gasteiger charge is -2.09. The number of carboxylic acids is 1. The van der Waals surface area contributed by atoms with Crippen LogP contribution >= 0.6 is 15.9 Å². The fraction of sp³-hybridized carbons (Fsp3) is 0.273. The molecule has 8 heteroatoms. The summed E-state index contributed by atoms with van der Waals surface area (Å²) in [6.45, 7) is 0.114. The van der Waals surface area contributed by atoms with Gasteiger partial charge in [-0.1, -0.05) is 6.07 Å². The van der Waals surface area contributed by atoms with Gasteiger partial charge in [0, 0.05) is 13.0 Å². The number of pyridine rings is 1. The van der Waals surface area contributed by atoms with Crippen LogP contribution in [0.4, 0.5) is 5.95 Å². The van der Waals surface area contributed by atoms with E-state index < -0.39 is 11.9 Å². The second kappa shape index (κ2) is 4.30. The fourth-order valence-electron chi connectivity index (χ4n) is 2.04. The Hall–Kier alpha value is -1.96. The second-order valence-electron chi connectivity index (χ2n) is 4.27. The van der Waals surface area contributed by atoms with Crippen LogP contribution in [0.1, 0.15) is 6.42 Å². The number of rotatable bonds is 2. The minimum atomic E-state index is -0.971. The zero-order valence-electron chi connectivity index (χ0n) is 9.65. The maximum absolute atomic E-state index is 11.8. The molecule has 1 saturated heterocycles. The van der Waals surface area contributed by atoms with Gasteiger partial charge >= 0.3 is 5.97 Å². The number of hydrogen-bond donors (Lipinski definition) is 1. The standard InChI is InChI=1S/C11H9BrN4O3/c12-7-2-1-3-8-13-11(14-16(7)8)15-5-6(10(18)19)4-9(15)17/h1-3,6H,4-5H2,(H,18,19). The van der Waals surface area contributed by atoms with Crippen molar-refractivity contribution in [2.24, 2.45) is 5.92 Å². The van der Waals surface area contributed by atoms with Crippen molar-refractivity contribution in [1.82, 2.24) is 14.6 Å². The maximum atomic E-state index is 11.8. The Bertz CT molecular complexity index is 684. The number of anilines is 1. The third-order valence-corrected chi connectivity index (χ3v) is 3.62. The van der Waals surface area contributed by atoms with E-state index in [1.54, 1.807) is 16.6 Å². The van der Waals surface area contributed by atoms with Crippen LogP contribution in [-0.4, -0.2) is 38.1 Å². The summed E-state index contributed by atoms with van der Waals surface area (Å²) < 4.78 is 2.27. The number of nitrogens with zero attached hydrogens (tertiary/aromatic N) is 4. The third-order valence-electron chi connectivity index (χ3n) is 3.02. The number of carbonyl (C=O) groups is 2. The minimum Gasteiger partial charge on any atom is -0.481 e. The number of aliphatic carboxylic acids is 1. The smallest absolute Gasteiger partial charge is 0.308 e. The monoisotopic (exact) mass is 324 g/mol. The lowest BCUT2D eigenvalue weighted by atomic mass is 10.1. The molecule has 3 heterocycles. The predicted molar refractivity (Wildman–Crippen MR) is 68.8 cm³/mol. The number of carboxylic acid groups (broad SMARTS) is 1. The summed E-state index contributed by atoms with van der Waals surface area (Å²) in [6, 6.07) is 5.37. The topological polar surface area (TPSA) is 87.8 Å². The molecule has 0 spiro atoms. The summed E-state index contributed by atoms with van der Waals surface area (Å²) in [4.78, 5) is 28.3. The Morgan fingerprint density at radius 2 is 2.26 bits per heavy atom. The van der Waals surface area contributed by atoms with Gasteiger partial charge in [-0.25, -0.2) is 4.52 Å². The van der Waals surface area contributed by atoms with Crippen molar-refractivity contribution < 1.29 is 14.7 Å². The molecule has 1 amide bonds. The Balaban J connectivity index is 1.99. The molecule has 1 atom stereocenters. The van der Waals surface area contributed by atoms with E-state index in [0.29, 0.717) is 10.3 Å².